The van der Waals surface area contributed by atoms with E-state index in [4.69, 9.17) is 0 Å². The fraction of sp³-hybridized carbons (Fsp3) is 0.939. The van der Waals surface area contributed by atoms with Crippen molar-refractivity contribution in [3.63, 3.8) is 0 Å². The van der Waals surface area contributed by atoms with E-state index < -0.39 is 0 Å². The van der Waals surface area contributed by atoms with Gasteiger partial charge in [-0.3, -0.25) is 9.59 Å². The van der Waals surface area contributed by atoms with E-state index in [-0.39, 0.29) is 41.9 Å². The maximum atomic E-state index is 14.7. The lowest BCUT2D eigenvalue weighted by Crippen LogP contribution is -2.64. The van der Waals surface area contributed by atoms with Crippen molar-refractivity contribution in [1.82, 2.24) is 20.9 Å². The molecule has 2 saturated heterocycles. The molecule has 5 aliphatic rings. The van der Waals surface area contributed by atoms with Crippen molar-refractivity contribution in [2.24, 2.45) is 29.1 Å². The number of rotatable bonds is 6. The maximum Gasteiger partial charge on any atom is 0.243 e. The molecule has 0 aromatic rings. The Kier molecular flexibility index (Phi) is 9.96. The van der Waals surface area contributed by atoms with Crippen molar-refractivity contribution >= 4 is 11.8 Å². The molecule has 4 unspecified atom stereocenters. The van der Waals surface area contributed by atoms with E-state index in [0.717, 1.165) is 83.3 Å². The Balaban J connectivity index is 1.40. The average molecular weight is 543 g/mol. The van der Waals surface area contributed by atoms with Crippen molar-refractivity contribution in [3.05, 3.63) is 0 Å². The molecule has 3 aliphatic carbocycles. The lowest BCUT2D eigenvalue weighted by atomic mass is 9.70. The fourth-order valence-electron chi connectivity index (χ4n) is 8.92. The third-order valence-electron chi connectivity index (χ3n) is 11.4. The number of hydrogen-bond acceptors (Lipinski definition) is 4. The molecule has 5 atom stereocenters. The number of nitrogens with one attached hydrogen (secondary N) is 3. The molecule has 0 spiro atoms. The predicted molar refractivity (Wildman–Crippen MR) is 158 cm³/mol. The van der Waals surface area contributed by atoms with E-state index in [1.54, 1.807) is 0 Å². The number of amides is 2. The molecular formula is C33H58N4O2. The lowest BCUT2D eigenvalue weighted by Gasteiger charge is -2.48. The summed E-state index contributed by atoms with van der Waals surface area (Å²) in [6, 6.07) is -0.0406. The second-order valence-corrected chi connectivity index (χ2v) is 15.0. The highest BCUT2D eigenvalue weighted by Crippen LogP contribution is 2.41. The van der Waals surface area contributed by atoms with Crippen LogP contribution in [0.15, 0.2) is 0 Å². The third-order valence-corrected chi connectivity index (χ3v) is 11.4. The monoisotopic (exact) mass is 542 g/mol. The van der Waals surface area contributed by atoms with E-state index in [1.807, 2.05) is 0 Å². The largest absolute Gasteiger partial charge is 0.352 e. The van der Waals surface area contributed by atoms with E-state index in [9.17, 15) is 9.59 Å². The van der Waals surface area contributed by atoms with Crippen LogP contribution in [0, 0.1) is 29.1 Å². The highest BCUT2D eigenvalue weighted by Gasteiger charge is 2.46. The number of carbonyl (C=O) groups excluding carboxylic acids is 2. The first-order valence-corrected chi connectivity index (χ1v) is 16.9. The quantitative estimate of drug-likeness (QED) is 0.420. The van der Waals surface area contributed by atoms with Gasteiger partial charge in [-0.25, -0.2) is 0 Å². The molecule has 3 saturated carbocycles. The molecule has 2 heterocycles. The second kappa shape index (κ2) is 13.2. The van der Waals surface area contributed by atoms with Crippen LogP contribution in [0.4, 0.5) is 0 Å². The third kappa shape index (κ3) is 7.20. The van der Waals surface area contributed by atoms with Crippen LogP contribution in [0.1, 0.15) is 124 Å². The summed E-state index contributed by atoms with van der Waals surface area (Å²) in [4.78, 5) is 31.2. The van der Waals surface area contributed by atoms with Crippen molar-refractivity contribution in [3.8, 4) is 0 Å². The number of carbonyl (C=O) groups is 2. The molecule has 2 amide bonds. The topological polar surface area (TPSA) is 73.5 Å². The van der Waals surface area contributed by atoms with E-state index in [2.05, 4.69) is 41.6 Å². The Hall–Kier alpha value is -1.14. The molecule has 222 valence electrons. The summed E-state index contributed by atoms with van der Waals surface area (Å²) < 4.78 is 0. The van der Waals surface area contributed by atoms with Crippen LogP contribution >= 0.6 is 0 Å². The molecule has 5 fully saturated rings. The van der Waals surface area contributed by atoms with Gasteiger partial charge in [0.1, 0.15) is 6.04 Å². The van der Waals surface area contributed by atoms with Crippen molar-refractivity contribution in [1.29, 1.82) is 0 Å². The molecule has 0 aromatic carbocycles. The zero-order chi connectivity index (χ0) is 27.4. The van der Waals surface area contributed by atoms with Gasteiger partial charge in [0.05, 0.1) is 6.04 Å². The first kappa shape index (κ1) is 29.4. The SMILES string of the molecule is CC(C)(C)C1CCC(N(C(=O)[C@H]2CC3CCCCC3CN2)C(C(=O)NC2CCCCC2)C2CCCNC2)CC1. The Bertz CT molecular complexity index is 805. The first-order chi connectivity index (χ1) is 18.8. The minimum atomic E-state index is -0.353. The summed E-state index contributed by atoms with van der Waals surface area (Å²) in [6.45, 7) is 9.92. The summed E-state index contributed by atoms with van der Waals surface area (Å²) in [7, 11) is 0. The van der Waals surface area contributed by atoms with Crippen molar-refractivity contribution in [2.75, 3.05) is 19.6 Å². The predicted octanol–water partition coefficient (Wildman–Crippen LogP) is 5.41. The maximum absolute atomic E-state index is 14.7. The molecular weight excluding hydrogens is 484 g/mol. The summed E-state index contributed by atoms with van der Waals surface area (Å²) >= 11 is 0. The Labute approximate surface area is 238 Å². The van der Waals surface area contributed by atoms with E-state index in [0.29, 0.717) is 17.3 Å². The van der Waals surface area contributed by atoms with Gasteiger partial charge >= 0.3 is 0 Å². The summed E-state index contributed by atoms with van der Waals surface area (Å²) in [5, 5.41) is 10.8. The summed E-state index contributed by atoms with van der Waals surface area (Å²) in [6.07, 6.45) is 18.5. The van der Waals surface area contributed by atoms with Crippen LogP contribution in [0.2, 0.25) is 0 Å². The standard InChI is InChI=1S/C33H58N4O2/c1-33(2,3)26-15-17-28(18-16-26)37(32(39)29-20-23-10-7-8-11-24(23)22-35-29)30(25-12-9-19-34-21-25)31(38)36-27-13-5-4-6-14-27/h23-30,34-35H,4-22H2,1-3H3,(H,36,38)/t23?,24?,25?,26?,28?,29-,30?/m1/s1. The van der Waals surface area contributed by atoms with Gasteiger partial charge in [-0.1, -0.05) is 59.3 Å². The Morgan fingerprint density at radius 2 is 1.49 bits per heavy atom. The van der Waals surface area contributed by atoms with Gasteiger partial charge < -0.3 is 20.9 Å². The van der Waals surface area contributed by atoms with Gasteiger partial charge in [0.25, 0.3) is 0 Å². The molecule has 39 heavy (non-hydrogen) atoms. The van der Waals surface area contributed by atoms with Crippen LogP contribution in [-0.4, -0.2) is 60.5 Å². The van der Waals surface area contributed by atoms with Crippen LogP contribution < -0.4 is 16.0 Å². The minimum Gasteiger partial charge on any atom is -0.352 e. The van der Waals surface area contributed by atoms with Crippen LogP contribution in [0.3, 0.4) is 0 Å². The Morgan fingerprint density at radius 3 is 2.15 bits per heavy atom. The summed E-state index contributed by atoms with van der Waals surface area (Å²) in [5.74, 6) is 2.63. The number of piperidine rings is 2. The molecule has 6 heteroatoms. The number of fused-ring (bicyclic) bond motifs is 1. The van der Waals surface area contributed by atoms with Crippen molar-refractivity contribution < 1.29 is 9.59 Å². The first-order valence-electron chi connectivity index (χ1n) is 16.9. The zero-order valence-electron chi connectivity index (χ0n) is 25.3. The molecule has 5 rings (SSSR count). The van der Waals surface area contributed by atoms with Crippen LogP contribution in [0.5, 0.6) is 0 Å². The normalized spacial score (nSPS) is 35.5. The van der Waals surface area contributed by atoms with Crippen LogP contribution in [0.25, 0.3) is 0 Å². The van der Waals surface area contributed by atoms with Gasteiger partial charge in [-0.05, 0) is 100 Å². The number of nitrogens with zero attached hydrogens (tertiary/aromatic N) is 1. The smallest absolute Gasteiger partial charge is 0.243 e. The average Bonchev–Trinajstić information content (AvgIpc) is 2.96. The van der Waals surface area contributed by atoms with Gasteiger partial charge in [-0.2, -0.15) is 0 Å². The van der Waals surface area contributed by atoms with E-state index in [1.165, 1.54) is 44.9 Å². The molecule has 2 aliphatic heterocycles. The Morgan fingerprint density at radius 1 is 0.795 bits per heavy atom. The van der Waals surface area contributed by atoms with Gasteiger partial charge in [0, 0.05) is 24.5 Å². The number of hydrogen-bond donors (Lipinski definition) is 3. The van der Waals surface area contributed by atoms with Crippen molar-refractivity contribution in [2.45, 2.75) is 148 Å². The fourth-order valence-corrected chi connectivity index (χ4v) is 8.92. The van der Waals surface area contributed by atoms with E-state index >= 15 is 0 Å². The van der Waals surface area contributed by atoms with Gasteiger partial charge in [0.15, 0.2) is 0 Å². The lowest BCUT2D eigenvalue weighted by molar-refractivity contribution is -0.150. The highest BCUT2D eigenvalue weighted by molar-refractivity contribution is 5.90. The highest BCUT2D eigenvalue weighted by atomic mass is 16.2. The van der Waals surface area contributed by atoms with Gasteiger partial charge in [0.2, 0.25) is 11.8 Å². The molecule has 0 radical (unpaired) electrons. The zero-order valence-corrected chi connectivity index (χ0v) is 25.3. The molecule has 3 N–H and O–H groups in total. The molecule has 6 nitrogen and oxygen atoms in total. The van der Waals surface area contributed by atoms with Gasteiger partial charge in [-0.15, -0.1) is 0 Å². The minimum absolute atomic E-state index is 0.133. The van der Waals surface area contributed by atoms with Crippen LogP contribution in [-0.2, 0) is 9.59 Å². The molecule has 0 aromatic heterocycles. The molecule has 0 bridgehead atoms. The second-order valence-electron chi connectivity index (χ2n) is 15.0. The summed E-state index contributed by atoms with van der Waals surface area (Å²) in [5.41, 5.74) is 0.297.